The monoisotopic (exact) mass is 348 g/mol. The second-order valence-corrected chi connectivity index (χ2v) is 6.48. The van der Waals surface area contributed by atoms with E-state index in [1.807, 2.05) is 36.4 Å². The summed E-state index contributed by atoms with van der Waals surface area (Å²) in [4.78, 5) is 9.23. The SMILES string of the molecule is Fc1ccccc1-c1nc(NC2CCNCC2)cc(-c2ccccc2)n1. The summed E-state index contributed by atoms with van der Waals surface area (Å²) in [5, 5.41) is 6.87. The van der Waals surface area contributed by atoms with Crippen molar-refractivity contribution in [1.29, 1.82) is 0 Å². The van der Waals surface area contributed by atoms with Crippen LogP contribution in [0.4, 0.5) is 10.2 Å². The minimum atomic E-state index is -0.314. The molecule has 0 spiro atoms. The molecule has 0 atom stereocenters. The lowest BCUT2D eigenvalue weighted by molar-refractivity contribution is 0.478. The molecule has 5 heteroatoms. The van der Waals surface area contributed by atoms with Crippen LogP contribution in [-0.4, -0.2) is 29.1 Å². The summed E-state index contributed by atoms with van der Waals surface area (Å²) in [6.07, 6.45) is 2.08. The van der Waals surface area contributed by atoms with Crippen LogP contribution in [0.5, 0.6) is 0 Å². The van der Waals surface area contributed by atoms with Gasteiger partial charge in [0.1, 0.15) is 11.6 Å². The van der Waals surface area contributed by atoms with Gasteiger partial charge in [0.05, 0.1) is 11.3 Å². The highest BCUT2D eigenvalue weighted by Gasteiger charge is 2.16. The number of anilines is 1. The highest BCUT2D eigenvalue weighted by Crippen LogP contribution is 2.26. The molecule has 1 fully saturated rings. The number of hydrogen-bond acceptors (Lipinski definition) is 4. The Morgan fingerprint density at radius 1 is 0.923 bits per heavy atom. The van der Waals surface area contributed by atoms with Crippen molar-refractivity contribution < 1.29 is 4.39 Å². The van der Waals surface area contributed by atoms with Crippen LogP contribution in [0.25, 0.3) is 22.6 Å². The summed E-state index contributed by atoms with van der Waals surface area (Å²) in [6, 6.07) is 18.9. The number of hydrogen-bond donors (Lipinski definition) is 2. The van der Waals surface area contributed by atoms with Gasteiger partial charge in [0.2, 0.25) is 0 Å². The van der Waals surface area contributed by atoms with Crippen molar-refractivity contribution in [2.75, 3.05) is 18.4 Å². The van der Waals surface area contributed by atoms with E-state index in [-0.39, 0.29) is 5.82 Å². The number of rotatable bonds is 4. The van der Waals surface area contributed by atoms with E-state index in [0.29, 0.717) is 17.4 Å². The van der Waals surface area contributed by atoms with Crippen LogP contribution in [-0.2, 0) is 0 Å². The molecule has 0 unspecified atom stereocenters. The molecule has 1 aliphatic rings. The van der Waals surface area contributed by atoms with Crippen LogP contribution in [0, 0.1) is 5.82 Å². The Morgan fingerprint density at radius 3 is 2.42 bits per heavy atom. The molecule has 2 N–H and O–H groups in total. The van der Waals surface area contributed by atoms with Crippen LogP contribution in [0.3, 0.4) is 0 Å². The lowest BCUT2D eigenvalue weighted by atomic mass is 10.1. The zero-order chi connectivity index (χ0) is 17.8. The Kier molecular flexibility index (Phi) is 4.88. The third-order valence-corrected chi connectivity index (χ3v) is 4.60. The van der Waals surface area contributed by atoms with Crippen LogP contribution in [0.1, 0.15) is 12.8 Å². The fourth-order valence-electron chi connectivity index (χ4n) is 3.22. The van der Waals surface area contributed by atoms with Gasteiger partial charge in [-0.3, -0.25) is 0 Å². The van der Waals surface area contributed by atoms with Gasteiger partial charge < -0.3 is 10.6 Å². The van der Waals surface area contributed by atoms with E-state index in [0.717, 1.165) is 43.0 Å². The zero-order valence-electron chi connectivity index (χ0n) is 14.5. The summed E-state index contributed by atoms with van der Waals surface area (Å²) in [7, 11) is 0. The fraction of sp³-hybridized carbons (Fsp3) is 0.238. The number of piperidine rings is 1. The van der Waals surface area contributed by atoms with Gasteiger partial charge in [-0.15, -0.1) is 0 Å². The number of nitrogens with one attached hydrogen (secondary N) is 2. The second-order valence-electron chi connectivity index (χ2n) is 6.48. The molecule has 0 saturated carbocycles. The molecule has 3 aromatic rings. The molecular formula is C21H21FN4. The molecule has 1 aliphatic heterocycles. The number of halogens is 1. The third-order valence-electron chi connectivity index (χ3n) is 4.60. The predicted octanol–water partition coefficient (Wildman–Crippen LogP) is 4.11. The number of benzene rings is 2. The van der Waals surface area contributed by atoms with Crippen molar-refractivity contribution in [3.8, 4) is 22.6 Å². The molecular weight excluding hydrogens is 327 g/mol. The molecule has 0 aliphatic carbocycles. The topological polar surface area (TPSA) is 49.8 Å². The van der Waals surface area contributed by atoms with E-state index >= 15 is 0 Å². The van der Waals surface area contributed by atoms with E-state index in [4.69, 9.17) is 0 Å². The predicted molar refractivity (Wildman–Crippen MR) is 102 cm³/mol. The lowest BCUT2D eigenvalue weighted by Gasteiger charge is -2.24. The first-order chi connectivity index (χ1) is 12.8. The van der Waals surface area contributed by atoms with Gasteiger partial charge >= 0.3 is 0 Å². The van der Waals surface area contributed by atoms with E-state index in [1.54, 1.807) is 18.2 Å². The fourth-order valence-corrected chi connectivity index (χ4v) is 3.22. The summed E-state index contributed by atoms with van der Waals surface area (Å²) in [5.74, 6) is 0.829. The van der Waals surface area contributed by atoms with Crippen molar-refractivity contribution in [3.63, 3.8) is 0 Å². The third kappa shape index (κ3) is 3.73. The maximum absolute atomic E-state index is 14.3. The molecule has 1 saturated heterocycles. The second kappa shape index (κ2) is 7.62. The van der Waals surface area contributed by atoms with Crippen LogP contribution >= 0.6 is 0 Å². The molecule has 4 nitrogen and oxygen atoms in total. The molecule has 1 aromatic heterocycles. The molecule has 4 rings (SSSR count). The van der Waals surface area contributed by atoms with Gasteiger partial charge in [-0.25, -0.2) is 14.4 Å². The average Bonchev–Trinajstić information content (AvgIpc) is 2.69. The summed E-state index contributed by atoms with van der Waals surface area (Å²) in [5.41, 5.74) is 2.19. The Balaban J connectivity index is 1.75. The average molecular weight is 348 g/mol. The molecule has 0 radical (unpaired) electrons. The van der Waals surface area contributed by atoms with Crippen molar-refractivity contribution >= 4 is 5.82 Å². The van der Waals surface area contributed by atoms with Crippen molar-refractivity contribution in [2.45, 2.75) is 18.9 Å². The normalized spacial score (nSPS) is 15.0. The minimum absolute atomic E-state index is 0.314. The minimum Gasteiger partial charge on any atom is -0.367 e. The van der Waals surface area contributed by atoms with E-state index < -0.39 is 0 Å². The van der Waals surface area contributed by atoms with Gasteiger partial charge in [0, 0.05) is 17.7 Å². The highest BCUT2D eigenvalue weighted by molar-refractivity contribution is 5.67. The maximum Gasteiger partial charge on any atom is 0.165 e. The van der Waals surface area contributed by atoms with Crippen LogP contribution in [0.15, 0.2) is 60.7 Å². The standard InChI is InChI=1S/C21H21FN4/c22-18-9-5-4-8-17(18)21-25-19(15-6-2-1-3-7-15)14-20(26-21)24-16-10-12-23-13-11-16/h1-9,14,16,23H,10-13H2,(H,24,25,26). The first-order valence-electron chi connectivity index (χ1n) is 8.96. The molecule has 2 heterocycles. The summed E-state index contributed by atoms with van der Waals surface area (Å²) < 4.78 is 14.3. The van der Waals surface area contributed by atoms with Gasteiger partial charge in [-0.05, 0) is 38.1 Å². The van der Waals surface area contributed by atoms with Crippen LogP contribution < -0.4 is 10.6 Å². The van der Waals surface area contributed by atoms with Crippen molar-refractivity contribution in [2.24, 2.45) is 0 Å². The summed E-state index contributed by atoms with van der Waals surface area (Å²) in [6.45, 7) is 1.99. The molecule has 0 amide bonds. The quantitative estimate of drug-likeness (QED) is 0.745. The first-order valence-corrected chi connectivity index (χ1v) is 8.96. The van der Waals surface area contributed by atoms with E-state index in [9.17, 15) is 4.39 Å². The van der Waals surface area contributed by atoms with E-state index in [2.05, 4.69) is 20.6 Å². The largest absolute Gasteiger partial charge is 0.367 e. The maximum atomic E-state index is 14.3. The van der Waals surface area contributed by atoms with Crippen LogP contribution in [0.2, 0.25) is 0 Å². The summed E-state index contributed by atoms with van der Waals surface area (Å²) >= 11 is 0. The van der Waals surface area contributed by atoms with Gasteiger partial charge in [0.15, 0.2) is 5.82 Å². The van der Waals surface area contributed by atoms with Gasteiger partial charge in [0.25, 0.3) is 0 Å². The van der Waals surface area contributed by atoms with Gasteiger partial charge in [-0.2, -0.15) is 0 Å². The molecule has 0 bridgehead atoms. The smallest absolute Gasteiger partial charge is 0.165 e. The zero-order valence-corrected chi connectivity index (χ0v) is 14.5. The van der Waals surface area contributed by atoms with Crippen molar-refractivity contribution in [1.82, 2.24) is 15.3 Å². The molecule has 132 valence electrons. The Hall–Kier alpha value is -2.79. The number of nitrogens with zero attached hydrogens (tertiary/aromatic N) is 2. The lowest BCUT2D eigenvalue weighted by Crippen LogP contribution is -2.35. The number of aromatic nitrogens is 2. The van der Waals surface area contributed by atoms with Gasteiger partial charge in [-0.1, -0.05) is 42.5 Å². The molecule has 26 heavy (non-hydrogen) atoms. The Bertz CT molecular complexity index is 876. The first kappa shape index (κ1) is 16.7. The Morgan fingerprint density at radius 2 is 1.65 bits per heavy atom. The Labute approximate surface area is 152 Å². The molecule has 2 aromatic carbocycles. The van der Waals surface area contributed by atoms with E-state index in [1.165, 1.54) is 6.07 Å². The van der Waals surface area contributed by atoms with Crippen molar-refractivity contribution in [3.05, 3.63) is 66.5 Å². The highest BCUT2D eigenvalue weighted by atomic mass is 19.1.